The van der Waals surface area contributed by atoms with Crippen LogP contribution in [0.2, 0.25) is 5.02 Å². The van der Waals surface area contributed by atoms with E-state index in [2.05, 4.69) is 26.1 Å². The van der Waals surface area contributed by atoms with Gasteiger partial charge in [-0.1, -0.05) is 31.9 Å². The second kappa shape index (κ2) is 5.92. The minimum absolute atomic E-state index is 0.205. The van der Waals surface area contributed by atoms with E-state index in [1.54, 1.807) is 12.1 Å². The van der Waals surface area contributed by atoms with E-state index in [4.69, 9.17) is 16.7 Å². The van der Waals surface area contributed by atoms with E-state index in [-0.39, 0.29) is 5.56 Å². The largest absolute Gasteiger partial charge is 0.478 e. The Morgan fingerprint density at radius 1 is 1.47 bits per heavy atom. The number of carbonyl (C=O) groups is 1. The minimum atomic E-state index is -0.964. The lowest BCUT2D eigenvalue weighted by molar-refractivity contribution is 0.0697. The fourth-order valence-electron chi connectivity index (χ4n) is 1.51. The molecule has 0 radical (unpaired) electrons. The molecule has 0 heterocycles. The summed E-state index contributed by atoms with van der Waals surface area (Å²) in [4.78, 5) is 10.8. The molecule has 1 aromatic carbocycles. The summed E-state index contributed by atoms with van der Waals surface area (Å²) in [6.07, 6.45) is 1.08. The van der Waals surface area contributed by atoms with Gasteiger partial charge in [0.15, 0.2) is 0 Å². The minimum Gasteiger partial charge on any atom is -0.478 e. The van der Waals surface area contributed by atoms with Crippen molar-refractivity contribution >= 4 is 23.3 Å². The Morgan fingerprint density at radius 3 is 2.59 bits per heavy atom. The van der Waals surface area contributed by atoms with Crippen LogP contribution >= 0.6 is 11.6 Å². The van der Waals surface area contributed by atoms with E-state index in [1.165, 1.54) is 6.07 Å². The molecule has 0 saturated carbocycles. The molecule has 0 bridgehead atoms. The van der Waals surface area contributed by atoms with Crippen LogP contribution in [0.1, 0.15) is 37.6 Å². The molecule has 0 spiro atoms. The first-order chi connectivity index (χ1) is 7.95. The standard InChI is InChI=1S/C13H18ClNO2/c1-4-8(2)9(3)15-12-6-5-10(13(16)17)7-11(12)14/h5-9,15H,4H2,1-3H3,(H,16,17). The van der Waals surface area contributed by atoms with Crippen LogP contribution in [-0.2, 0) is 0 Å². The van der Waals surface area contributed by atoms with Crippen molar-refractivity contribution in [1.82, 2.24) is 0 Å². The highest BCUT2D eigenvalue weighted by atomic mass is 35.5. The van der Waals surface area contributed by atoms with Crippen molar-refractivity contribution in [2.45, 2.75) is 33.2 Å². The molecule has 0 aliphatic carbocycles. The van der Waals surface area contributed by atoms with Crippen molar-refractivity contribution in [1.29, 1.82) is 0 Å². The van der Waals surface area contributed by atoms with E-state index < -0.39 is 5.97 Å². The topological polar surface area (TPSA) is 49.3 Å². The van der Waals surface area contributed by atoms with Crippen LogP contribution in [0.5, 0.6) is 0 Å². The summed E-state index contributed by atoms with van der Waals surface area (Å²) in [5, 5.41) is 12.6. The van der Waals surface area contributed by atoms with Crippen LogP contribution in [0.25, 0.3) is 0 Å². The fourth-order valence-corrected chi connectivity index (χ4v) is 1.74. The summed E-state index contributed by atoms with van der Waals surface area (Å²) >= 11 is 6.04. The Balaban J connectivity index is 2.82. The molecule has 4 heteroatoms. The smallest absolute Gasteiger partial charge is 0.335 e. The Kier molecular flexibility index (Phi) is 4.82. The van der Waals surface area contributed by atoms with E-state index >= 15 is 0 Å². The fraction of sp³-hybridized carbons (Fsp3) is 0.462. The highest BCUT2D eigenvalue weighted by Gasteiger charge is 2.12. The quantitative estimate of drug-likeness (QED) is 0.839. The SMILES string of the molecule is CCC(C)C(C)Nc1ccc(C(=O)O)cc1Cl. The summed E-state index contributed by atoms with van der Waals surface area (Å²) < 4.78 is 0. The monoisotopic (exact) mass is 255 g/mol. The normalized spacial score (nSPS) is 14.1. The van der Waals surface area contributed by atoms with Crippen molar-refractivity contribution in [2.75, 3.05) is 5.32 Å². The molecule has 0 aliphatic heterocycles. The number of aromatic carboxylic acids is 1. The van der Waals surface area contributed by atoms with Crippen molar-refractivity contribution < 1.29 is 9.90 Å². The first-order valence-corrected chi connectivity index (χ1v) is 6.12. The average Bonchev–Trinajstić information content (AvgIpc) is 2.30. The van der Waals surface area contributed by atoms with Gasteiger partial charge in [0, 0.05) is 6.04 Å². The zero-order valence-corrected chi connectivity index (χ0v) is 11.1. The van der Waals surface area contributed by atoms with Crippen LogP contribution < -0.4 is 5.32 Å². The van der Waals surface area contributed by atoms with Crippen molar-refractivity contribution in [2.24, 2.45) is 5.92 Å². The number of benzene rings is 1. The molecule has 2 atom stereocenters. The van der Waals surface area contributed by atoms with Gasteiger partial charge < -0.3 is 10.4 Å². The molecule has 0 aliphatic rings. The molecule has 1 aromatic rings. The van der Waals surface area contributed by atoms with Gasteiger partial charge in [-0.3, -0.25) is 0 Å². The second-order valence-electron chi connectivity index (χ2n) is 4.32. The van der Waals surface area contributed by atoms with E-state index in [1.807, 2.05) is 0 Å². The predicted octanol–water partition coefficient (Wildman–Crippen LogP) is 3.88. The zero-order valence-electron chi connectivity index (χ0n) is 10.3. The molecule has 2 N–H and O–H groups in total. The maximum Gasteiger partial charge on any atom is 0.335 e. The van der Waals surface area contributed by atoms with Crippen LogP contribution in [-0.4, -0.2) is 17.1 Å². The van der Waals surface area contributed by atoms with Gasteiger partial charge in [0.25, 0.3) is 0 Å². The highest BCUT2D eigenvalue weighted by Crippen LogP contribution is 2.25. The third kappa shape index (κ3) is 3.63. The van der Waals surface area contributed by atoms with Crippen molar-refractivity contribution in [3.05, 3.63) is 28.8 Å². The van der Waals surface area contributed by atoms with Gasteiger partial charge >= 0.3 is 5.97 Å². The van der Waals surface area contributed by atoms with E-state index in [9.17, 15) is 4.79 Å². The summed E-state index contributed by atoms with van der Waals surface area (Å²) in [5.74, 6) is -0.432. The Morgan fingerprint density at radius 2 is 2.12 bits per heavy atom. The molecule has 1 rings (SSSR count). The Hall–Kier alpha value is -1.22. The van der Waals surface area contributed by atoms with E-state index in [0.717, 1.165) is 12.1 Å². The van der Waals surface area contributed by atoms with E-state index in [0.29, 0.717) is 17.0 Å². The molecule has 17 heavy (non-hydrogen) atoms. The lowest BCUT2D eigenvalue weighted by atomic mass is 10.0. The molecule has 3 nitrogen and oxygen atoms in total. The second-order valence-corrected chi connectivity index (χ2v) is 4.73. The zero-order chi connectivity index (χ0) is 13.0. The average molecular weight is 256 g/mol. The first-order valence-electron chi connectivity index (χ1n) is 5.75. The number of nitrogens with one attached hydrogen (secondary N) is 1. The van der Waals surface area contributed by atoms with Gasteiger partial charge in [-0.2, -0.15) is 0 Å². The third-order valence-electron chi connectivity index (χ3n) is 3.10. The number of anilines is 1. The van der Waals surface area contributed by atoms with Gasteiger partial charge in [-0.15, -0.1) is 0 Å². The number of halogens is 1. The molecule has 94 valence electrons. The summed E-state index contributed by atoms with van der Waals surface area (Å²) in [6.45, 7) is 6.39. The molecular formula is C13H18ClNO2. The number of hydrogen-bond acceptors (Lipinski definition) is 2. The maximum atomic E-state index is 10.8. The van der Waals surface area contributed by atoms with Crippen LogP contribution in [0.3, 0.4) is 0 Å². The summed E-state index contributed by atoms with van der Waals surface area (Å²) in [6, 6.07) is 5.04. The summed E-state index contributed by atoms with van der Waals surface area (Å²) in [7, 11) is 0. The van der Waals surface area contributed by atoms with Gasteiger partial charge in [-0.25, -0.2) is 4.79 Å². The van der Waals surface area contributed by atoms with Crippen LogP contribution in [0.4, 0.5) is 5.69 Å². The molecule has 0 saturated heterocycles. The lowest BCUT2D eigenvalue weighted by Crippen LogP contribution is -2.23. The first kappa shape index (κ1) is 13.8. The molecule has 0 aromatic heterocycles. The van der Waals surface area contributed by atoms with Crippen molar-refractivity contribution in [3.8, 4) is 0 Å². The molecule has 0 amide bonds. The van der Waals surface area contributed by atoms with Gasteiger partial charge in [0.2, 0.25) is 0 Å². The van der Waals surface area contributed by atoms with Crippen LogP contribution in [0.15, 0.2) is 18.2 Å². The Labute approximate surface area is 107 Å². The third-order valence-corrected chi connectivity index (χ3v) is 3.41. The molecular weight excluding hydrogens is 238 g/mol. The van der Waals surface area contributed by atoms with Crippen molar-refractivity contribution in [3.63, 3.8) is 0 Å². The van der Waals surface area contributed by atoms with Gasteiger partial charge in [0.1, 0.15) is 0 Å². The highest BCUT2D eigenvalue weighted by molar-refractivity contribution is 6.33. The predicted molar refractivity (Wildman–Crippen MR) is 71.0 cm³/mol. The lowest BCUT2D eigenvalue weighted by Gasteiger charge is -2.21. The van der Waals surface area contributed by atoms with Gasteiger partial charge in [0.05, 0.1) is 16.3 Å². The molecule has 0 fully saturated rings. The van der Waals surface area contributed by atoms with Crippen LogP contribution in [0, 0.1) is 5.92 Å². The van der Waals surface area contributed by atoms with Gasteiger partial charge in [-0.05, 0) is 31.0 Å². The summed E-state index contributed by atoms with van der Waals surface area (Å²) in [5.41, 5.74) is 0.987. The number of carboxylic acid groups (broad SMARTS) is 1. The number of hydrogen-bond donors (Lipinski definition) is 2. The number of carboxylic acids is 1. The maximum absolute atomic E-state index is 10.8. The molecule has 2 unspecified atom stereocenters. The Bertz CT molecular complexity index is 406. The number of rotatable bonds is 5.